The molecule has 26 heteroatoms. The van der Waals surface area contributed by atoms with E-state index in [4.69, 9.17) is 9.47 Å². The number of methoxy groups -OCH3 is 4. The summed E-state index contributed by atoms with van der Waals surface area (Å²) in [4.78, 5) is 148. The molecule has 0 amide bonds. The van der Waals surface area contributed by atoms with Crippen molar-refractivity contribution >= 4 is 83.1 Å². The molecule has 0 rings (SSSR count). The number of rotatable bonds is 25. The molecule has 0 N–H and O–H groups in total. The van der Waals surface area contributed by atoms with Crippen LogP contribution in [0.3, 0.4) is 0 Å². The summed E-state index contributed by atoms with van der Waals surface area (Å²) >= 11 is 0. The van der Waals surface area contributed by atoms with Gasteiger partial charge in [-0.25, -0.2) is 33.6 Å². The summed E-state index contributed by atoms with van der Waals surface area (Å²) in [5.41, 5.74) is 0. The van der Waals surface area contributed by atoms with Crippen molar-refractivity contribution in [1.29, 1.82) is 0 Å². The zero-order valence-corrected chi connectivity index (χ0v) is 47.6. The third-order valence-electron chi connectivity index (χ3n) is 8.28. The molecule has 0 heterocycles. The summed E-state index contributed by atoms with van der Waals surface area (Å²) in [6.07, 6.45) is -2.52. The highest BCUT2D eigenvalue weighted by atomic mass is 16.6. The second-order valence-electron chi connectivity index (χ2n) is 14.8. The van der Waals surface area contributed by atoms with Crippen LogP contribution < -0.4 is 0 Å². The Labute approximate surface area is 474 Å². The van der Waals surface area contributed by atoms with E-state index in [0.717, 1.165) is 33.0 Å². The molecule has 0 radical (unpaired) electrons. The number of hydrogen-bond acceptors (Lipinski definition) is 26. The predicted octanol–water partition coefficient (Wildman–Crippen LogP) is 6.13. The van der Waals surface area contributed by atoms with Gasteiger partial charge in [0.2, 0.25) is 11.5 Å². The minimum Gasteiger partial charge on any atom is -0.466 e. The van der Waals surface area contributed by atoms with E-state index in [9.17, 15) is 67.1 Å². The van der Waals surface area contributed by atoms with Crippen LogP contribution in [0.25, 0.3) is 0 Å². The van der Waals surface area contributed by atoms with Gasteiger partial charge in [0.25, 0.3) is 6.47 Å². The SMILES string of the molecule is C.C.C.C.C=C(OC(=O)C(C)OC)C(=O)OC(C)C(=O)OC.C=CC(=O)OC(C)C(C)=O.CC(=O)C(=O)OC(C)C(C)=O.CC(=O)C(C)OC=O.CC(=O)OC(C)C(C)=O.CCCCOC(=O)C(C)OC.CCOC(=O)C(C)OC. The molecule has 0 aliphatic heterocycles. The molecule has 0 aromatic rings. The quantitative estimate of drug-likeness (QED) is 0.0189. The topological polar surface area (TPSA) is 350 Å². The number of ketones is 5. The smallest absolute Gasteiger partial charge is 0.374 e. The van der Waals surface area contributed by atoms with Gasteiger partial charge in [-0.15, -0.1) is 0 Å². The molecular weight excluding hydrogens is 1060 g/mol. The van der Waals surface area contributed by atoms with E-state index in [1.807, 2.05) is 6.92 Å². The van der Waals surface area contributed by atoms with Gasteiger partial charge in [-0.1, -0.05) is 49.6 Å². The van der Waals surface area contributed by atoms with Crippen molar-refractivity contribution in [3.8, 4) is 0 Å². The van der Waals surface area contributed by atoms with Crippen LogP contribution >= 0.6 is 0 Å². The van der Waals surface area contributed by atoms with Gasteiger partial charge in [0.15, 0.2) is 72.0 Å². The highest BCUT2D eigenvalue weighted by Gasteiger charge is 2.24. The van der Waals surface area contributed by atoms with Crippen molar-refractivity contribution in [3.05, 3.63) is 25.0 Å². The Hall–Kier alpha value is -7.06. The minimum absolute atomic E-state index is 0. The first-order valence-electron chi connectivity index (χ1n) is 23.0. The molecule has 470 valence electrons. The lowest BCUT2D eigenvalue weighted by molar-refractivity contribution is -0.167. The maximum atomic E-state index is 11.4. The van der Waals surface area contributed by atoms with Crippen LogP contribution in [0.15, 0.2) is 25.0 Å². The van der Waals surface area contributed by atoms with Crippen LogP contribution in [0.2, 0.25) is 0 Å². The fraction of sp³-hybridized carbons (Fsp3) is 0.667. The van der Waals surface area contributed by atoms with Crippen molar-refractivity contribution in [2.75, 3.05) is 41.7 Å². The second-order valence-corrected chi connectivity index (χ2v) is 14.8. The first-order valence-corrected chi connectivity index (χ1v) is 23.0. The Morgan fingerprint density at radius 2 is 0.825 bits per heavy atom. The van der Waals surface area contributed by atoms with Crippen LogP contribution in [0.4, 0.5) is 0 Å². The lowest BCUT2D eigenvalue weighted by Crippen LogP contribution is -2.28. The molecule has 80 heavy (non-hydrogen) atoms. The normalized spacial score (nSPS) is 11.8. The van der Waals surface area contributed by atoms with Crippen LogP contribution in [-0.4, -0.2) is 174 Å². The molecule has 0 saturated heterocycles. The zero-order chi connectivity index (χ0) is 61.4. The molecule has 0 spiro atoms. The van der Waals surface area contributed by atoms with E-state index < -0.39 is 96.2 Å². The average molecular weight is 1160 g/mol. The van der Waals surface area contributed by atoms with Crippen molar-refractivity contribution < 1.29 is 124 Å². The van der Waals surface area contributed by atoms with Crippen molar-refractivity contribution in [1.82, 2.24) is 0 Å². The summed E-state index contributed by atoms with van der Waals surface area (Å²) < 4.78 is 55.0. The largest absolute Gasteiger partial charge is 0.466 e. The molecule has 0 fully saturated rings. The van der Waals surface area contributed by atoms with Gasteiger partial charge in [0.05, 0.1) is 20.3 Å². The van der Waals surface area contributed by atoms with Gasteiger partial charge < -0.3 is 56.8 Å². The van der Waals surface area contributed by atoms with Crippen LogP contribution in [0.5, 0.6) is 0 Å². The molecule has 0 saturated carbocycles. The third-order valence-corrected chi connectivity index (χ3v) is 8.28. The van der Waals surface area contributed by atoms with E-state index in [2.05, 4.69) is 60.5 Å². The second kappa shape index (κ2) is 61.2. The van der Waals surface area contributed by atoms with Gasteiger partial charge in [-0.2, -0.15) is 0 Å². The highest BCUT2D eigenvalue weighted by molar-refractivity contribution is 6.32. The maximum absolute atomic E-state index is 11.4. The van der Waals surface area contributed by atoms with Crippen molar-refractivity contribution in [3.63, 3.8) is 0 Å². The average Bonchev–Trinajstić information content (AvgIpc) is 3.35. The highest BCUT2D eigenvalue weighted by Crippen LogP contribution is 2.05. The van der Waals surface area contributed by atoms with Crippen molar-refractivity contribution in [2.24, 2.45) is 0 Å². The number of hydrogen-bond donors (Lipinski definition) is 0. The number of carbonyl (C=O) groups excluding carboxylic acids is 14. The first kappa shape index (κ1) is 98.4. The van der Waals surface area contributed by atoms with Crippen molar-refractivity contribution in [2.45, 2.75) is 202 Å². The van der Waals surface area contributed by atoms with Gasteiger partial charge in [0.1, 0.15) is 0 Å². The number of ether oxygens (including phenoxy) is 12. The predicted molar refractivity (Wildman–Crippen MR) is 294 cm³/mol. The van der Waals surface area contributed by atoms with Gasteiger partial charge >= 0.3 is 47.8 Å². The Morgan fingerprint density at radius 3 is 1.11 bits per heavy atom. The monoisotopic (exact) mass is 1160 g/mol. The molecule has 8 atom stereocenters. The Morgan fingerprint density at radius 1 is 0.463 bits per heavy atom. The zero-order valence-electron chi connectivity index (χ0n) is 47.6. The Kier molecular flexibility index (Phi) is 75.2. The summed E-state index contributed by atoms with van der Waals surface area (Å²) in [6, 6.07) is 0. The molecule has 26 nitrogen and oxygen atoms in total. The fourth-order valence-corrected chi connectivity index (χ4v) is 2.81. The van der Waals surface area contributed by atoms with Crippen LogP contribution in [-0.2, 0) is 124 Å². The number of unbranched alkanes of at least 4 members (excludes halogenated alkanes) is 1. The molecule has 0 bridgehead atoms. The van der Waals surface area contributed by atoms with Gasteiger partial charge in [-0.05, 0) is 103 Å². The minimum atomic E-state index is -1.11. The van der Waals surface area contributed by atoms with E-state index in [1.165, 1.54) is 90.6 Å². The van der Waals surface area contributed by atoms with Crippen LogP contribution in [0.1, 0.15) is 153 Å². The lowest BCUT2D eigenvalue weighted by Gasteiger charge is -2.13. The summed E-state index contributed by atoms with van der Waals surface area (Å²) in [5.74, 6) is -7.02. The van der Waals surface area contributed by atoms with Gasteiger partial charge in [-0.3, -0.25) is 33.6 Å². The van der Waals surface area contributed by atoms with E-state index in [1.54, 1.807) is 27.7 Å². The lowest BCUT2D eigenvalue weighted by atomic mass is 10.3. The van der Waals surface area contributed by atoms with Crippen LogP contribution in [0, 0.1) is 0 Å². The summed E-state index contributed by atoms with van der Waals surface area (Å²) in [6.45, 7) is 31.3. The Bertz CT molecular complexity index is 1840. The molecular formula is C54H98O26. The summed E-state index contributed by atoms with van der Waals surface area (Å²) in [5, 5.41) is 0. The van der Waals surface area contributed by atoms with Gasteiger partial charge in [0, 0.05) is 41.3 Å². The molecule has 0 aliphatic rings. The number of esters is 8. The van der Waals surface area contributed by atoms with E-state index in [-0.39, 0.29) is 71.3 Å². The maximum Gasteiger partial charge on any atom is 0.374 e. The van der Waals surface area contributed by atoms with E-state index in [0.29, 0.717) is 13.2 Å². The standard InChI is InChI=1S/C11H16O7.C8H16O3.C7H10O4.C7H10O3.C6H12O3.C6H10O3.C5H8O3.4CH4/c1-6(15-4)10(13)18-8(3)11(14)17-7(2)9(12)16-5;1-4-5-6-11-8(9)7(2)10-3;1-4(8)6(3)11-7(10)5(2)9;1-4-7(9)10-6(3)5(2)8;1-4-9-6(7)5(2)8-3;1-4(7)5(2)9-6(3)8;1-4(7)5(2)8-3-6;;;;/h6-7H,3H2,1-2,4-5H3;7H,4-6H2,1-3H3;6H,1-3H3;4,6H,1H2,2-3H3;5H,4H2,1-3H3;5H,1-3H3;3,5H,1-2H3;4*1H4. The number of Topliss-reactive ketones (excluding diaryl/α,β-unsaturated/α-hetero) is 5. The first-order chi connectivity index (χ1) is 35.0. The fourth-order valence-electron chi connectivity index (χ4n) is 2.81. The number of carbonyl (C=O) groups is 14. The molecule has 0 aromatic carbocycles. The third kappa shape index (κ3) is 63.5. The van der Waals surface area contributed by atoms with E-state index >= 15 is 0 Å². The molecule has 0 aliphatic carbocycles. The Balaban J connectivity index is -0.0000000778. The molecule has 0 aromatic heterocycles. The summed E-state index contributed by atoms with van der Waals surface area (Å²) in [7, 11) is 5.43. The molecule has 8 unspecified atom stereocenters.